The highest BCUT2D eigenvalue weighted by Crippen LogP contribution is 2.26. The van der Waals surface area contributed by atoms with Crippen molar-refractivity contribution in [3.05, 3.63) is 102 Å². The zero-order valence-electron chi connectivity index (χ0n) is 17.7. The molecule has 0 atom stereocenters. The van der Waals surface area contributed by atoms with E-state index in [1.807, 2.05) is 72.8 Å². The van der Waals surface area contributed by atoms with Crippen LogP contribution in [0.25, 0.3) is 10.9 Å². The van der Waals surface area contributed by atoms with Crippen LogP contribution in [0.4, 0.5) is 11.8 Å². The van der Waals surface area contributed by atoms with Gasteiger partial charge in [-0.05, 0) is 35.4 Å². The van der Waals surface area contributed by atoms with E-state index in [1.54, 1.807) is 0 Å². The number of fused-ring (bicyclic) bond motifs is 1. The Labute approximate surface area is 190 Å². The average molecular weight is 432 g/mol. The zero-order chi connectivity index (χ0) is 22.5. The molecule has 0 radical (unpaired) electrons. The minimum absolute atomic E-state index is 0.362. The number of benzene rings is 3. The standard InChI is InChI=1S/C26H20N6O/c27-15-14-18-10-12-21(13-11-18)33-24-17-20(16-19-6-2-1-3-7-19)28-26(29-24)30-25-22-8-4-5-9-23(22)31-32-25/h1-13,17H,14,16H2,(H2,28,29,30,31,32). The number of nitriles is 1. The second-order valence-corrected chi connectivity index (χ2v) is 7.51. The molecule has 0 saturated heterocycles. The number of hydrogen-bond acceptors (Lipinski definition) is 6. The Morgan fingerprint density at radius 2 is 1.67 bits per heavy atom. The summed E-state index contributed by atoms with van der Waals surface area (Å²) < 4.78 is 6.03. The van der Waals surface area contributed by atoms with Gasteiger partial charge in [0.25, 0.3) is 0 Å². The smallest absolute Gasteiger partial charge is 0.232 e. The summed E-state index contributed by atoms with van der Waals surface area (Å²) in [6.07, 6.45) is 0.998. The van der Waals surface area contributed by atoms with Gasteiger partial charge in [-0.15, -0.1) is 0 Å². The summed E-state index contributed by atoms with van der Waals surface area (Å²) in [5.41, 5.74) is 3.81. The summed E-state index contributed by atoms with van der Waals surface area (Å²) >= 11 is 0. The van der Waals surface area contributed by atoms with E-state index in [-0.39, 0.29) is 0 Å². The summed E-state index contributed by atoms with van der Waals surface area (Å²) in [6.45, 7) is 0. The lowest BCUT2D eigenvalue weighted by Gasteiger charge is -2.10. The third-order valence-electron chi connectivity index (χ3n) is 5.11. The van der Waals surface area contributed by atoms with Crippen molar-refractivity contribution < 1.29 is 4.74 Å². The number of hydrogen-bond donors (Lipinski definition) is 2. The Bertz CT molecular complexity index is 1420. The Kier molecular flexibility index (Phi) is 5.64. The summed E-state index contributed by atoms with van der Waals surface area (Å²) in [4.78, 5) is 9.26. The minimum atomic E-state index is 0.362. The molecule has 0 aliphatic carbocycles. The number of rotatable bonds is 7. The number of para-hydroxylation sites is 1. The van der Waals surface area contributed by atoms with Gasteiger partial charge < -0.3 is 10.1 Å². The van der Waals surface area contributed by atoms with Crippen molar-refractivity contribution in [1.82, 2.24) is 20.2 Å². The predicted octanol–water partition coefficient (Wildman–Crippen LogP) is 5.55. The number of aromatic nitrogens is 4. The van der Waals surface area contributed by atoms with Crippen molar-refractivity contribution >= 4 is 22.7 Å². The molecule has 3 aromatic carbocycles. The van der Waals surface area contributed by atoms with Gasteiger partial charge in [-0.1, -0.05) is 54.6 Å². The van der Waals surface area contributed by atoms with Gasteiger partial charge in [-0.3, -0.25) is 5.10 Å². The second kappa shape index (κ2) is 9.20. The maximum Gasteiger partial charge on any atom is 0.232 e. The van der Waals surface area contributed by atoms with Crippen LogP contribution in [-0.2, 0) is 12.8 Å². The molecule has 0 aliphatic heterocycles. The number of ether oxygens (including phenoxy) is 1. The summed E-state index contributed by atoms with van der Waals surface area (Å²) in [5, 5.41) is 20.4. The van der Waals surface area contributed by atoms with E-state index in [0.717, 1.165) is 27.7 Å². The molecule has 0 aliphatic rings. The molecule has 2 heterocycles. The van der Waals surface area contributed by atoms with Crippen LogP contribution in [0.5, 0.6) is 11.6 Å². The van der Waals surface area contributed by atoms with Crippen LogP contribution in [0.1, 0.15) is 16.8 Å². The molecule has 0 spiro atoms. The van der Waals surface area contributed by atoms with Gasteiger partial charge in [0.05, 0.1) is 23.7 Å². The van der Waals surface area contributed by atoms with Crippen LogP contribution < -0.4 is 10.1 Å². The minimum Gasteiger partial charge on any atom is -0.439 e. The summed E-state index contributed by atoms with van der Waals surface area (Å²) in [7, 11) is 0. The molecule has 2 aromatic heterocycles. The highest BCUT2D eigenvalue weighted by molar-refractivity contribution is 5.90. The first-order chi connectivity index (χ1) is 16.3. The fourth-order valence-electron chi connectivity index (χ4n) is 3.53. The predicted molar refractivity (Wildman–Crippen MR) is 126 cm³/mol. The van der Waals surface area contributed by atoms with Crippen LogP contribution in [0.2, 0.25) is 0 Å². The largest absolute Gasteiger partial charge is 0.439 e. The summed E-state index contributed by atoms with van der Waals surface area (Å²) in [6, 6.07) is 29.4. The van der Waals surface area contributed by atoms with Gasteiger partial charge in [-0.2, -0.15) is 15.3 Å². The molecule has 7 heteroatoms. The lowest BCUT2D eigenvalue weighted by atomic mass is 10.1. The van der Waals surface area contributed by atoms with E-state index in [0.29, 0.717) is 36.2 Å². The quantitative estimate of drug-likeness (QED) is 0.350. The van der Waals surface area contributed by atoms with E-state index in [2.05, 4.69) is 38.7 Å². The van der Waals surface area contributed by atoms with E-state index in [4.69, 9.17) is 15.0 Å². The zero-order valence-corrected chi connectivity index (χ0v) is 17.7. The van der Waals surface area contributed by atoms with E-state index < -0.39 is 0 Å². The van der Waals surface area contributed by atoms with E-state index in [9.17, 15) is 0 Å². The fraction of sp³-hybridized carbons (Fsp3) is 0.0769. The molecule has 5 aromatic rings. The molecule has 0 amide bonds. The summed E-state index contributed by atoms with van der Waals surface area (Å²) in [5.74, 6) is 2.11. The number of nitrogens with one attached hydrogen (secondary N) is 2. The molecule has 2 N–H and O–H groups in total. The third kappa shape index (κ3) is 4.81. The van der Waals surface area contributed by atoms with Crippen LogP contribution in [-0.4, -0.2) is 20.2 Å². The lowest BCUT2D eigenvalue weighted by Crippen LogP contribution is -2.03. The van der Waals surface area contributed by atoms with Crippen LogP contribution in [0.15, 0.2) is 84.9 Å². The van der Waals surface area contributed by atoms with Gasteiger partial charge in [-0.25, -0.2) is 4.98 Å². The molecular weight excluding hydrogens is 412 g/mol. The molecule has 0 saturated carbocycles. The van der Waals surface area contributed by atoms with E-state index >= 15 is 0 Å². The van der Waals surface area contributed by atoms with Crippen molar-refractivity contribution in [1.29, 1.82) is 5.26 Å². The number of anilines is 2. The first-order valence-electron chi connectivity index (χ1n) is 10.5. The molecule has 160 valence electrons. The van der Waals surface area contributed by atoms with Gasteiger partial charge >= 0.3 is 0 Å². The number of H-pyrrole nitrogens is 1. The number of nitrogens with zero attached hydrogens (tertiary/aromatic N) is 4. The van der Waals surface area contributed by atoms with Gasteiger partial charge in [0.2, 0.25) is 11.8 Å². The second-order valence-electron chi connectivity index (χ2n) is 7.51. The fourth-order valence-corrected chi connectivity index (χ4v) is 3.53. The van der Waals surface area contributed by atoms with Crippen LogP contribution >= 0.6 is 0 Å². The lowest BCUT2D eigenvalue weighted by molar-refractivity contribution is 0.461. The normalized spacial score (nSPS) is 10.6. The first-order valence-corrected chi connectivity index (χ1v) is 10.5. The molecule has 0 fully saturated rings. The molecule has 33 heavy (non-hydrogen) atoms. The Hall–Kier alpha value is -4.70. The highest BCUT2D eigenvalue weighted by Gasteiger charge is 2.11. The maximum atomic E-state index is 8.87. The molecule has 7 nitrogen and oxygen atoms in total. The Morgan fingerprint density at radius 3 is 2.48 bits per heavy atom. The monoisotopic (exact) mass is 432 g/mol. The van der Waals surface area contributed by atoms with E-state index in [1.165, 1.54) is 0 Å². The van der Waals surface area contributed by atoms with Crippen molar-refractivity contribution in [3.63, 3.8) is 0 Å². The Balaban J connectivity index is 1.46. The third-order valence-corrected chi connectivity index (χ3v) is 5.11. The topological polar surface area (TPSA) is 99.5 Å². The van der Waals surface area contributed by atoms with Crippen LogP contribution in [0.3, 0.4) is 0 Å². The molecule has 0 unspecified atom stereocenters. The highest BCUT2D eigenvalue weighted by atomic mass is 16.5. The van der Waals surface area contributed by atoms with Crippen molar-refractivity contribution in [2.24, 2.45) is 0 Å². The van der Waals surface area contributed by atoms with Crippen molar-refractivity contribution in [2.75, 3.05) is 5.32 Å². The Morgan fingerprint density at radius 1 is 0.879 bits per heavy atom. The molecule has 0 bridgehead atoms. The number of aromatic amines is 1. The van der Waals surface area contributed by atoms with Gasteiger partial charge in [0.15, 0.2) is 5.82 Å². The maximum absolute atomic E-state index is 8.87. The molecular formula is C26H20N6O. The SMILES string of the molecule is N#CCc1ccc(Oc2cc(Cc3ccccc3)nc(Nc3n[nH]c4ccccc34)n2)cc1. The van der Waals surface area contributed by atoms with Crippen LogP contribution in [0, 0.1) is 11.3 Å². The van der Waals surface area contributed by atoms with Gasteiger partial charge in [0, 0.05) is 17.9 Å². The average Bonchev–Trinajstić information content (AvgIpc) is 3.24. The van der Waals surface area contributed by atoms with Crippen molar-refractivity contribution in [3.8, 4) is 17.7 Å². The first kappa shape index (κ1) is 20.2. The van der Waals surface area contributed by atoms with Gasteiger partial charge in [0.1, 0.15) is 5.75 Å². The molecule has 5 rings (SSSR count). The van der Waals surface area contributed by atoms with Crippen molar-refractivity contribution in [2.45, 2.75) is 12.8 Å².